The van der Waals surface area contributed by atoms with Crippen LogP contribution < -0.4 is 0 Å². The largest absolute Gasteiger partial charge is 0.301 e. The minimum Gasteiger partial charge on any atom is -0.297 e. The first-order valence-electron chi connectivity index (χ1n) is 4.63. The molecule has 0 saturated carbocycles. The van der Waals surface area contributed by atoms with Crippen LogP contribution in [0.2, 0.25) is 0 Å². The van der Waals surface area contributed by atoms with Crippen LogP contribution in [0.25, 0.3) is 0 Å². The molecule has 0 aromatic carbocycles. The average molecular weight is 299 g/mol. The van der Waals surface area contributed by atoms with Crippen molar-refractivity contribution in [2.45, 2.75) is 17.7 Å². The molecule has 0 atom stereocenters. The zero-order chi connectivity index (χ0) is 13.9. The number of aromatic nitrogens is 1. The van der Waals surface area contributed by atoms with Crippen molar-refractivity contribution in [1.29, 1.82) is 0 Å². The Labute approximate surface area is 105 Å². The number of carbonyl (C=O) groups excluding carboxylic acids is 1. The molecule has 0 N–H and O–H groups in total. The van der Waals surface area contributed by atoms with Gasteiger partial charge < -0.3 is 0 Å². The highest BCUT2D eigenvalue weighted by Crippen LogP contribution is 2.23. The number of halogens is 3. The highest BCUT2D eigenvalue weighted by molar-refractivity contribution is 7.93. The maximum atomic E-state index is 12.5. The van der Waals surface area contributed by atoms with E-state index in [1.165, 1.54) is 6.92 Å². The number of aldehydes is 1. The van der Waals surface area contributed by atoms with Crippen molar-refractivity contribution in [3.63, 3.8) is 0 Å². The number of hydrogen-bond acceptors (Lipinski definition) is 5. The lowest BCUT2D eigenvalue weighted by Gasteiger charge is -1.98. The molecule has 0 radical (unpaired) electrons. The Morgan fingerprint density at radius 1 is 1.39 bits per heavy atom. The molecule has 1 aromatic heterocycles. The van der Waals surface area contributed by atoms with E-state index in [4.69, 9.17) is 0 Å². The van der Waals surface area contributed by atoms with Crippen LogP contribution in [-0.2, 0) is 9.84 Å². The summed E-state index contributed by atoms with van der Waals surface area (Å²) in [7, 11) is -3.96. The predicted octanol–water partition coefficient (Wildman–Crippen LogP) is 2.51. The molecule has 100 valence electrons. The number of allylic oxidation sites excluding steroid dienone is 1. The minimum absolute atomic E-state index is 0.140. The summed E-state index contributed by atoms with van der Waals surface area (Å²) in [5.41, 5.74) is 0.237. The van der Waals surface area contributed by atoms with E-state index in [1.54, 1.807) is 0 Å². The lowest BCUT2D eigenvalue weighted by atomic mass is 10.4. The van der Waals surface area contributed by atoms with Crippen LogP contribution >= 0.6 is 11.3 Å². The molecule has 0 spiro atoms. The maximum absolute atomic E-state index is 12.5. The molecule has 0 fully saturated rings. The van der Waals surface area contributed by atoms with Gasteiger partial charge in [-0.05, 0) is 6.92 Å². The normalized spacial score (nSPS) is 11.3. The van der Waals surface area contributed by atoms with Crippen molar-refractivity contribution < 1.29 is 26.4 Å². The number of aryl methyl sites for hydroxylation is 1. The number of carbonyl (C=O) groups is 1. The van der Waals surface area contributed by atoms with Gasteiger partial charge in [0.25, 0.3) is 0 Å². The summed E-state index contributed by atoms with van der Waals surface area (Å²) in [6.07, 6.45) is -3.00. The molecule has 0 bridgehead atoms. The lowest BCUT2D eigenvalue weighted by molar-refractivity contribution is 0.112. The van der Waals surface area contributed by atoms with Crippen molar-refractivity contribution >= 4 is 27.5 Å². The van der Waals surface area contributed by atoms with E-state index >= 15 is 0 Å². The molecule has 0 unspecified atom stereocenters. The summed E-state index contributed by atoms with van der Waals surface area (Å²) in [6, 6.07) is 0. The van der Waals surface area contributed by atoms with Crippen LogP contribution in [0, 0.1) is 6.92 Å². The van der Waals surface area contributed by atoms with E-state index in [2.05, 4.69) is 4.98 Å². The van der Waals surface area contributed by atoms with Gasteiger partial charge in [0, 0.05) is 6.42 Å². The van der Waals surface area contributed by atoms with E-state index in [1.807, 2.05) is 0 Å². The van der Waals surface area contributed by atoms with E-state index in [9.17, 15) is 26.4 Å². The topological polar surface area (TPSA) is 64.1 Å². The second kappa shape index (κ2) is 5.61. The van der Waals surface area contributed by atoms with Gasteiger partial charge >= 0.3 is 6.08 Å². The van der Waals surface area contributed by atoms with Gasteiger partial charge in [-0.15, -0.1) is 0 Å². The van der Waals surface area contributed by atoms with Crippen LogP contribution in [0.1, 0.15) is 21.8 Å². The first kappa shape index (κ1) is 14.8. The quantitative estimate of drug-likeness (QED) is 0.784. The fourth-order valence-corrected chi connectivity index (χ4v) is 3.57. The van der Waals surface area contributed by atoms with E-state index in [0.29, 0.717) is 17.6 Å². The maximum Gasteiger partial charge on any atom is 0.301 e. The second-order valence-corrected chi connectivity index (χ2v) is 6.59. The van der Waals surface area contributed by atoms with Gasteiger partial charge in [-0.1, -0.05) is 11.3 Å². The zero-order valence-electron chi connectivity index (χ0n) is 9.11. The smallest absolute Gasteiger partial charge is 0.297 e. The first-order chi connectivity index (χ1) is 8.27. The van der Waals surface area contributed by atoms with Crippen molar-refractivity contribution in [3.05, 3.63) is 22.5 Å². The molecule has 4 nitrogen and oxygen atoms in total. The van der Waals surface area contributed by atoms with E-state index in [0.717, 1.165) is 0 Å². The fourth-order valence-electron chi connectivity index (χ4n) is 1.03. The van der Waals surface area contributed by atoms with Crippen LogP contribution in [0.4, 0.5) is 13.2 Å². The highest BCUT2D eigenvalue weighted by Gasteiger charge is 2.22. The molecule has 0 aliphatic rings. The third kappa shape index (κ3) is 3.39. The third-order valence-corrected chi connectivity index (χ3v) is 5.24. The van der Waals surface area contributed by atoms with Gasteiger partial charge in [-0.2, -0.15) is 8.78 Å². The molecular weight excluding hydrogens is 291 g/mol. The minimum atomic E-state index is -3.96. The van der Waals surface area contributed by atoms with Gasteiger partial charge in [-0.3, -0.25) is 4.79 Å². The Morgan fingerprint density at radius 3 is 2.44 bits per heavy atom. The predicted molar refractivity (Wildman–Crippen MR) is 59.3 cm³/mol. The van der Waals surface area contributed by atoms with Crippen molar-refractivity contribution in [2.24, 2.45) is 0 Å². The Balaban J connectivity index is 2.93. The second-order valence-electron chi connectivity index (χ2n) is 3.28. The van der Waals surface area contributed by atoms with Crippen LogP contribution in [0.5, 0.6) is 0 Å². The number of hydrogen-bond donors (Lipinski definition) is 0. The Kier molecular flexibility index (Phi) is 4.63. The molecule has 1 rings (SSSR count). The summed E-state index contributed by atoms with van der Waals surface area (Å²) < 4.78 is 59.0. The molecule has 18 heavy (non-hydrogen) atoms. The lowest BCUT2D eigenvalue weighted by Crippen LogP contribution is -2.07. The molecule has 1 aromatic rings. The Hall–Kier alpha value is -1.22. The fraction of sp³-hybridized carbons (Fsp3) is 0.333. The van der Waals surface area contributed by atoms with Crippen molar-refractivity contribution in [1.82, 2.24) is 4.98 Å². The molecule has 0 saturated heterocycles. The molecule has 1 heterocycles. The summed E-state index contributed by atoms with van der Waals surface area (Å²) in [5, 5.41) is 0. The summed E-state index contributed by atoms with van der Waals surface area (Å²) in [6.45, 7) is 1.45. The molecule has 9 heteroatoms. The van der Waals surface area contributed by atoms with Crippen LogP contribution in [-0.4, -0.2) is 25.4 Å². The van der Waals surface area contributed by atoms with Gasteiger partial charge in [0.05, 0.1) is 16.3 Å². The number of thiazole rings is 1. The SMILES string of the molecule is Cc1nc(S(=O)(=O)CCC(F)=C(F)F)sc1C=O. The Morgan fingerprint density at radius 2 is 2.00 bits per heavy atom. The summed E-state index contributed by atoms with van der Waals surface area (Å²) in [5.74, 6) is -2.58. The standard InChI is InChI=1S/C9H8F3NO3S2/c1-5-7(4-14)17-9(13-5)18(15,16)3-2-6(10)8(11)12/h4H,2-3H2,1H3. The average Bonchev–Trinajstić information content (AvgIpc) is 2.68. The van der Waals surface area contributed by atoms with Gasteiger partial charge in [0.15, 0.2) is 12.1 Å². The third-order valence-electron chi connectivity index (χ3n) is 1.98. The number of rotatable bonds is 5. The van der Waals surface area contributed by atoms with Crippen molar-refractivity contribution in [2.75, 3.05) is 5.75 Å². The van der Waals surface area contributed by atoms with Gasteiger partial charge in [-0.25, -0.2) is 17.8 Å². The first-order valence-corrected chi connectivity index (χ1v) is 7.10. The van der Waals surface area contributed by atoms with Crippen LogP contribution in [0.3, 0.4) is 0 Å². The van der Waals surface area contributed by atoms with E-state index < -0.39 is 33.9 Å². The van der Waals surface area contributed by atoms with E-state index in [-0.39, 0.29) is 14.9 Å². The molecule has 0 aliphatic heterocycles. The molecular formula is C9H8F3NO3S2. The summed E-state index contributed by atoms with van der Waals surface area (Å²) in [4.78, 5) is 14.3. The molecule has 0 amide bonds. The van der Waals surface area contributed by atoms with Crippen LogP contribution in [0.15, 0.2) is 16.2 Å². The van der Waals surface area contributed by atoms with Gasteiger partial charge in [0.1, 0.15) is 0 Å². The zero-order valence-corrected chi connectivity index (χ0v) is 10.7. The summed E-state index contributed by atoms with van der Waals surface area (Å²) >= 11 is 0.633. The number of sulfone groups is 1. The Bertz CT molecular complexity index is 588. The highest BCUT2D eigenvalue weighted by atomic mass is 32.2. The van der Waals surface area contributed by atoms with Crippen molar-refractivity contribution in [3.8, 4) is 0 Å². The number of nitrogens with zero attached hydrogens (tertiary/aromatic N) is 1. The monoisotopic (exact) mass is 299 g/mol. The van der Waals surface area contributed by atoms with Gasteiger partial charge in [0.2, 0.25) is 14.2 Å². The molecule has 0 aliphatic carbocycles.